The van der Waals surface area contributed by atoms with E-state index in [1.807, 2.05) is 23.1 Å². The SMILES string of the molecule is CCCC(CCC)C(=O)N1CCCC(N)c2ccccc21. The molecule has 21 heavy (non-hydrogen) atoms. The van der Waals surface area contributed by atoms with E-state index in [-0.39, 0.29) is 12.0 Å². The Morgan fingerprint density at radius 3 is 2.62 bits per heavy atom. The number of hydrogen-bond acceptors (Lipinski definition) is 2. The van der Waals surface area contributed by atoms with E-state index in [1.165, 1.54) is 0 Å². The number of fused-ring (bicyclic) bond motifs is 1. The number of carbonyl (C=O) groups excluding carboxylic acids is 1. The Hall–Kier alpha value is -1.35. The third kappa shape index (κ3) is 3.65. The maximum atomic E-state index is 13.0. The van der Waals surface area contributed by atoms with Gasteiger partial charge in [0.05, 0.1) is 0 Å². The molecule has 0 saturated heterocycles. The third-order valence-corrected chi connectivity index (χ3v) is 4.41. The Morgan fingerprint density at radius 1 is 1.29 bits per heavy atom. The van der Waals surface area contributed by atoms with Gasteiger partial charge in [0.1, 0.15) is 0 Å². The fraction of sp³-hybridized carbons (Fsp3) is 0.611. The second kappa shape index (κ2) is 7.60. The predicted molar refractivity (Wildman–Crippen MR) is 88.3 cm³/mol. The van der Waals surface area contributed by atoms with Crippen molar-refractivity contribution < 1.29 is 4.79 Å². The van der Waals surface area contributed by atoms with Gasteiger partial charge < -0.3 is 10.6 Å². The molecule has 0 bridgehead atoms. The first-order valence-corrected chi connectivity index (χ1v) is 8.34. The van der Waals surface area contributed by atoms with E-state index >= 15 is 0 Å². The number of hydrogen-bond donors (Lipinski definition) is 1. The number of carbonyl (C=O) groups is 1. The number of amides is 1. The lowest BCUT2D eigenvalue weighted by atomic mass is 9.96. The predicted octanol–water partition coefficient (Wildman–Crippen LogP) is 4.03. The number of anilines is 1. The zero-order valence-electron chi connectivity index (χ0n) is 13.3. The molecule has 1 heterocycles. The average molecular weight is 288 g/mol. The molecule has 0 spiro atoms. The van der Waals surface area contributed by atoms with Crippen LogP contribution in [0.25, 0.3) is 0 Å². The van der Waals surface area contributed by atoms with E-state index in [1.54, 1.807) is 0 Å². The molecule has 0 radical (unpaired) electrons. The van der Waals surface area contributed by atoms with Crippen LogP contribution in [0, 0.1) is 5.92 Å². The summed E-state index contributed by atoms with van der Waals surface area (Å²) in [6, 6.07) is 8.19. The summed E-state index contributed by atoms with van der Waals surface area (Å²) >= 11 is 0. The summed E-state index contributed by atoms with van der Waals surface area (Å²) < 4.78 is 0. The van der Waals surface area contributed by atoms with Gasteiger partial charge in [-0.1, -0.05) is 44.9 Å². The quantitative estimate of drug-likeness (QED) is 0.889. The number of para-hydroxylation sites is 1. The molecule has 2 N–H and O–H groups in total. The molecule has 1 aromatic rings. The van der Waals surface area contributed by atoms with E-state index in [2.05, 4.69) is 19.9 Å². The number of nitrogens with zero attached hydrogens (tertiary/aromatic N) is 1. The van der Waals surface area contributed by atoms with Gasteiger partial charge in [0.2, 0.25) is 5.91 Å². The minimum absolute atomic E-state index is 0.0507. The minimum atomic E-state index is 0.0507. The minimum Gasteiger partial charge on any atom is -0.324 e. The zero-order valence-corrected chi connectivity index (χ0v) is 13.3. The van der Waals surface area contributed by atoms with Crippen molar-refractivity contribution in [3.05, 3.63) is 29.8 Å². The summed E-state index contributed by atoms with van der Waals surface area (Å²) in [6.07, 6.45) is 6.02. The second-order valence-electron chi connectivity index (χ2n) is 6.07. The van der Waals surface area contributed by atoms with E-state index in [4.69, 9.17) is 5.73 Å². The van der Waals surface area contributed by atoms with Gasteiger partial charge in [-0.3, -0.25) is 4.79 Å². The van der Waals surface area contributed by atoms with E-state index in [0.29, 0.717) is 5.91 Å². The first-order chi connectivity index (χ1) is 10.2. The van der Waals surface area contributed by atoms with Crippen molar-refractivity contribution >= 4 is 11.6 Å². The van der Waals surface area contributed by atoms with E-state index < -0.39 is 0 Å². The normalized spacial score (nSPS) is 18.5. The summed E-state index contributed by atoms with van der Waals surface area (Å²) in [7, 11) is 0. The van der Waals surface area contributed by atoms with Gasteiger partial charge in [0.15, 0.2) is 0 Å². The average Bonchev–Trinajstić information content (AvgIpc) is 2.66. The van der Waals surface area contributed by atoms with E-state index in [0.717, 1.165) is 56.3 Å². The molecule has 3 heteroatoms. The van der Waals surface area contributed by atoms with Crippen LogP contribution in [-0.4, -0.2) is 12.5 Å². The van der Waals surface area contributed by atoms with Crippen molar-refractivity contribution in [2.75, 3.05) is 11.4 Å². The molecule has 1 aliphatic rings. The molecular weight excluding hydrogens is 260 g/mol. The fourth-order valence-electron chi connectivity index (χ4n) is 3.33. The molecule has 0 aromatic heterocycles. The topological polar surface area (TPSA) is 46.3 Å². The third-order valence-electron chi connectivity index (χ3n) is 4.41. The second-order valence-corrected chi connectivity index (χ2v) is 6.07. The Bertz CT molecular complexity index is 466. The van der Waals surface area contributed by atoms with Gasteiger partial charge in [-0.05, 0) is 37.3 Å². The lowest BCUT2D eigenvalue weighted by Crippen LogP contribution is -2.37. The van der Waals surface area contributed by atoms with Gasteiger partial charge >= 0.3 is 0 Å². The molecule has 0 aliphatic carbocycles. The van der Waals surface area contributed by atoms with E-state index in [9.17, 15) is 4.79 Å². The summed E-state index contributed by atoms with van der Waals surface area (Å²) in [6.45, 7) is 5.11. The molecule has 3 nitrogen and oxygen atoms in total. The van der Waals surface area contributed by atoms with Crippen LogP contribution in [0.2, 0.25) is 0 Å². The molecule has 0 fully saturated rings. The van der Waals surface area contributed by atoms with Gasteiger partial charge in [-0.2, -0.15) is 0 Å². The molecule has 1 atom stereocenters. The van der Waals surface area contributed by atoms with Crippen molar-refractivity contribution in [2.45, 2.75) is 58.4 Å². The highest BCUT2D eigenvalue weighted by atomic mass is 16.2. The van der Waals surface area contributed by atoms with Gasteiger partial charge in [-0.25, -0.2) is 0 Å². The molecule has 116 valence electrons. The van der Waals surface area contributed by atoms with Crippen LogP contribution in [0.3, 0.4) is 0 Å². The molecule has 1 aliphatic heterocycles. The zero-order chi connectivity index (χ0) is 15.2. The van der Waals surface area contributed by atoms with Gasteiger partial charge in [-0.15, -0.1) is 0 Å². The highest BCUT2D eigenvalue weighted by molar-refractivity contribution is 5.96. The Morgan fingerprint density at radius 2 is 1.95 bits per heavy atom. The highest BCUT2D eigenvalue weighted by Gasteiger charge is 2.28. The fourth-order valence-corrected chi connectivity index (χ4v) is 3.33. The van der Waals surface area contributed by atoms with Gasteiger partial charge in [0, 0.05) is 24.2 Å². The van der Waals surface area contributed by atoms with Crippen LogP contribution < -0.4 is 10.6 Å². The molecule has 0 saturated carbocycles. The number of benzene rings is 1. The number of nitrogens with two attached hydrogens (primary N) is 1. The smallest absolute Gasteiger partial charge is 0.230 e. The molecule has 1 aromatic carbocycles. The highest BCUT2D eigenvalue weighted by Crippen LogP contribution is 2.33. The Labute approximate surface area is 128 Å². The Kier molecular flexibility index (Phi) is 5.80. The standard InChI is InChI=1S/C18H28N2O/c1-3-8-14(9-4-2)18(21)20-13-7-11-16(19)15-10-5-6-12-17(15)20/h5-6,10,12,14,16H,3-4,7-9,11,13,19H2,1-2H3. The van der Waals surface area contributed by atoms with Crippen LogP contribution in [0.1, 0.15) is 64.0 Å². The van der Waals surface area contributed by atoms with Crippen molar-refractivity contribution in [3.63, 3.8) is 0 Å². The van der Waals surface area contributed by atoms with Crippen LogP contribution in [0.15, 0.2) is 24.3 Å². The van der Waals surface area contributed by atoms with Crippen LogP contribution in [0.4, 0.5) is 5.69 Å². The molecular formula is C18H28N2O. The van der Waals surface area contributed by atoms with Crippen LogP contribution in [-0.2, 0) is 4.79 Å². The monoisotopic (exact) mass is 288 g/mol. The van der Waals surface area contributed by atoms with Crippen LogP contribution >= 0.6 is 0 Å². The lowest BCUT2D eigenvalue weighted by Gasteiger charge is -2.27. The number of rotatable bonds is 5. The van der Waals surface area contributed by atoms with Crippen molar-refractivity contribution in [1.82, 2.24) is 0 Å². The summed E-state index contributed by atoms with van der Waals surface area (Å²) in [5, 5.41) is 0. The summed E-state index contributed by atoms with van der Waals surface area (Å²) in [5.41, 5.74) is 8.42. The lowest BCUT2D eigenvalue weighted by molar-refractivity contribution is -0.122. The Balaban J connectivity index is 2.29. The van der Waals surface area contributed by atoms with Crippen molar-refractivity contribution in [2.24, 2.45) is 11.7 Å². The molecule has 1 amide bonds. The first kappa shape index (κ1) is 16.0. The maximum absolute atomic E-state index is 13.0. The molecule has 2 rings (SSSR count). The van der Waals surface area contributed by atoms with Crippen molar-refractivity contribution in [1.29, 1.82) is 0 Å². The van der Waals surface area contributed by atoms with Crippen LogP contribution in [0.5, 0.6) is 0 Å². The maximum Gasteiger partial charge on any atom is 0.230 e. The summed E-state index contributed by atoms with van der Waals surface area (Å²) in [4.78, 5) is 15.0. The summed E-state index contributed by atoms with van der Waals surface area (Å²) in [5.74, 6) is 0.447. The molecule has 1 unspecified atom stereocenters. The largest absolute Gasteiger partial charge is 0.324 e. The van der Waals surface area contributed by atoms with Gasteiger partial charge in [0.25, 0.3) is 0 Å². The van der Waals surface area contributed by atoms with Crippen molar-refractivity contribution in [3.8, 4) is 0 Å². The first-order valence-electron chi connectivity index (χ1n) is 8.34.